The molecule has 2 nitrogen and oxygen atoms in total. The van der Waals surface area contributed by atoms with Crippen LogP contribution in [0.3, 0.4) is 0 Å². The summed E-state index contributed by atoms with van der Waals surface area (Å²) in [6.45, 7) is 1.76. The standard InChI is InChI=1S/C6H12FNO/c1-6(9)8-5-3-2-4-7/h2-5H2,1H3,(H,8,9). The van der Waals surface area contributed by atoms with Gasteiger partial charge in [0.2, 0.25) is 5.91 Å². The van der Waals surface area contributed by atoms with E-state index in [1.807, 2.05) is 0 Å². The molecule has 9 heavy (non-hydrogen) atoms. The minimum Gasteiger partial charge on any atom is -0.356 e. The Hall–Kier alpha value is -0.600. The molecule has 0 bridgehead atoms. The molecule has 0 radical (unpaired) electrons. The van der Waals surface area contributed by atoms with Crippen LogP contribution in [0.15, 0.2) is 0 Å². The number of hydrogen-bond acceptors (Lipinski definition) is 1. The SMILES string of the molecule is CC(=O)NCCCCF. The van der Waals surface area contributed by atoms with E-state index in [2.05, 4.69) is 5.32 Å². The fraction of sp³-hybridized carbons (Fsp3) is 0.833. The third kappa shape index (κ3) is 7.40. The summed E-state index contributed by atoms with van der Waals surface area (Å²) in [6.07, 6.45) is 1.27. The average Bonchev–Trinajstić information content (AvgIpc) is 1.80. The number of carbonyl (C=O) groups excluding carboxylic acids is 1. The highest BCUT2D eigenvalue weighted by Crippen LogP contribution is 1.85. The number of nitrogens with one attached hydrogen (secondary N) is 1. The second kappa shape index (κ2) is 5.54. The third-order valence-electron chi connectivity index (χ3n) is 0.934. The zero-order valence-electron chi connectivity index (χ0n) is 5.61. The fourth-order valence-corrected chi connectivity index (χ4v) is 0.484. The Morgan fingerprint density at radius 3 is 2.67 bits per heavy atom. The first-order valence-electron chi connectivity index (χ1n) is 3.07. The topological polar surface area (TPSA) is 29.1 Å². The number of halogens is 1. The van der Waals surface area contributed by atoms with E-state index in [0.29, 0.717) is 13.0 Å². The first-order chi connectivity index (χ1) is 4.27. The van der Waals surface area contributed by atoms with Crippen LogP contribution >= 0.6 is 0 Å². The van der Waals surface area contributed by atoms with Gasteiger partial charge in [-0.2, -0.15) is 0 Å². The van der Waals surface area contributed by atoms with E-state index in [9.17, 15) is 9.18 Å². The summed E-state index contributed by atoms with van der Waals surface area (Å²) in [5.41, 5.74) is 0. The van der Waals surface area contributed by atoms with E-state index in [4.69, 9.17) is 0 Å². The number of alkyl halides is 1. The number of hydrogen-bond donors (Lipinski definition) is 1. The van der Waals surface area contributed by atoms with Crippen LogP contribution in [0.2, 0.25) is 0 Å². The van der Waals surface area contributed by atoms with Gasteiger partial charge in [-0.25, -0.2) is 0 Å². The molecule has 54 valence electrons. The maximum absolute atomic E-state index is 11.4. The highest BCUT2D eigenvalue weighted by atomic mass is 19.1. The van der Waals surface area contributed by atoms with Gasteiger partial charge in [0.25, 0.3) is 0 Å². The second-order valence-corrected chi connectivity index (χ2v) is 1.88. The summed E-state index contributed by atoms with van der Waals surface area (Å²) in [6, 6.07) is 0. The van der Waals surface area contributed by atoms with Gasteiger partial charge in [0.05, 0.1) is 6.67 Å². The molecule has 0 unspecified atom stereocenters. The largest absolute Gasteiger partial charge is 0.356 e. The zero-order valence-corrected chi connectivity index (χ0v) is 5.61. The fourth-order valence-electron chi connectivity index (χ4n) is 0.484. The van der Waals surface area contributed by atoms with Crippen molar-refractivity contribution < 1.29 is 9.18 Å². The van der Waals surface area contributed by atoms with Crippen molar-refractivity contribution in [2.75, 3.05) is 13.2 Å². The molecule has 1 N–H and O–H groups in total. The highest BCUT2D eigenvalue weighted by molar-refractivity contribution is 5.72. The van der Waals surface area contributed by atoms with Gasteiger partial charge >= 0.3 is 0 Å². The predicted octanol–water partition coefficient (Wildman–Crippen LogP) is 0.872. The molecule has 0 heterocycles. The average molecular weight is 133 g/mol. The molecule has 0 fully saturated rings. The maximum Gasteiger partial charge on any atom is 0.216 e. The molecule has 0 aromatic heterocycles. The molecule has 0 atom stereocenters. The first-order valence-corrected chi connectivity index (χ1v) is 3.07. The predicted molar refractivity (Wildman–Crippen MR) is 33.9 cm³/mol. The molecule has 0 aliphatic rings. The minimum atomic E-state index is -0.292. The number of carbonyl (C=O) groups is 1. The zero-order chi connectivity index (χ0) is 7.11. The second-order valence-electron chi connectivity index (χ2n) is 1.88. The van der Waals surface area contributed by atoms with Crippen molar-refractivity contribution >= 4 is 5.91 Å². The lowest BCUT2D eigenvalue weighted by Gasteiger charge is -1.97. The molecule has 0 aromatic rings. The normalized spacial score (nSPS) is 9.11. The Bertz CT molecular complexity index is 85.1. The lowest BCUT2D eigenvalue weighted by molar-refractivity contribution is -0.118. The van der Waals surface area contributed by atoms with Gasteiger partial charge in [-0.3, -0.25) is 9.18 Å². The van der Waals surface area contributed by atoms with Crippen molar-refractivity contribution in [3.63, 3.8) is 0 Å². The highest BCUT2D eigenvalue weighted by Gasteiger charge is 1.88. The van der Waals surface area contributed by atoms with E-state index in [1.54, 1.807) is 0 Å². The van der Waals surface area contributed by atoms with Crippen LogP contribution < -0.4 is 5.32 Å². The Labute approximate surface area is 54.4 Å². The summed E-state index contributed by atoms with van der Waals surface area (Å²) < 4.78 is 11.4. The van der Waals surface area contributed by atoms with Gasteiger partial charge in [0.1, 0.15) is 0 Å². The summed E-state index contributed by atoms with van der Waals surface area (Å²) in [5, 5.41) is 2.57. The molecule has 0 saturated heterocycles. The van der Waals surface area contributed by atoms with Crippen LogP contribution in [-0.2, 0) is 4.79 Å². The molecule has 0 spiro atoms. The number of unbranched alkanes of at least 4 members (excludes halogenated alkanes) is 1. The quantitative estimate of drug-likeness (QED) is 0.566. The van der Waals surface area contributed by atoms with Crippen molar-refractivity contribution in [3.8, 4) is 0 Å². The molecular weight excluding hydrogens is 121 g/mol. The van der Waals surface area contributed by atoms with Crippen LogP contribution in [-0.4, -0.2) is 19.1 Å². The van der Waals surface area contributed by atoms with Crippen molar-refractivity contribution in [1.82, 2.24) is 5.32 Å². The molecule has 0 aromatic carbocycles. The molecule has 0 aliphatic carbocycles. The Morgan fingerprint density at radius 1 is 1.56 bits per heavy atom. The van der Waals surface area contributed by atoms with E-state index in [1.165, 1.54) is 6.92 Å². The minimum absolute atomic E-state index is 0.0474. The van der Waals surface area contributed by atoms with Gasteiger partial charge < -0.3 is 5.32 Å². The Kier molecular flexibility index (Phi) is 5.17. The molecule has 3 heteroatoms. The van der Waals surface area contributed by atoms with Gasteiger partial charge in [-0.05, 0) is 12.8 Å². The van der Waals surface area contributed by atoms with Gasteiger partial charge in [-0.1, -0.05) is 0 Å². The van der Waals surface area contributed by atoms with Crippen molar-refractivity contribution in [3.05, 3.63) is 0 Å². The molecule has 0 aliphatic heterocycles. The van der Waals surface area contributed by atoms with Gasteiger partial charge in [-0.15, -0.1) is 0 Å². The van der Waals surface area contributed by atoms with E-state index in [0.717, 1.165) is 6.42 Å². The molecule has 0 rings (SSSR count). The van der Waals surface area contributed by atoms with E-state index >= 15 is 0 Å². The maximum atomic E-state index is 11.4. The molecule has 0 saturated carbocycles. The number of rotatable bonds is 4. The molecular formula is C6H12FNO. The van der Waals surface area contributed by atoms with Gasteiger partial charge in [0.15, 0.2) is 0 Å². The van der Waals surface area contributed by atoms with E-state index in [-0.39, 0.29) is 12.6 Å². The lowest BCUT2D eigenvalue weighted by Crippen LogP contribution is -2.20. The van der Waals surface area contributed by atoms with Crippen LogP contribution in [0.5, 0.6) is 0 Å². The summed E-state index contributed by atoms with van der Waals surface area (Å²) >= 11 is 0. The van der Waals surface area contributed by atoms with Crippen molar-refractivity contribution in [1.29, 1.82) is 0 Å². The molecule has 1 amide bonds. The van der Waals surface area contributed by atoms with Crippen molar-refractivity contribution in [2.45, 2.75) is 19.8 Å². The van der Waals surface area contributed by atoms with Crippen LogP contribution in [0.1, 0.15) is 19.8 Å². The van der Waals surface area contributed by atoms with Crippen molar-refractivity contribution in [2.24, 2.45) is 0 Å². The van der Waals surface area contributed by atoms with E-state index < -0.39 is 0 Å². The monoisotopic (exact) mass is 133 g/mol. The third-order valence-corrected chi connectivity index (χ3v) is 0.934. The van der Waals surface area contributed by atoms with Crippen LogP contribution in [0.25, 0.3) is 0 Å². The number of amides is 1. The smallest absolute Gasteiger partial charge is 0.216 e. The van der Waals surface area contributed by atoms with Gasteiger partial charge in [0, 0.05) is 13.5 Å². The Balaban J connectivity index is 2.83. The Morgan fingerprint density at radius 2 is 2.22 bits per heavy atom. The lowest BCUT2D eigenvalue weighted by atomic mass is 10.3. The van der Waals surface area contributed by atoms with Crippen LogP contribution in [0.4, 0.5) is 4.39 Å². The summed E-state index contributed by atoms with van der Waals surface area (Å²) in [4.78, 5) is 10.2. The first kappa shape index (κ1) is 8.40. The van der Waals surface area contributed by atoms with Crippen LogP contribution in [0, 0.1) is 0 Å². The summed E-state index contributed by atoms with van der Waals surface area (Å²) in [7, 11) is 0. The summed E-state index contributed by atoms with van der Waals surface area (Å²) in [5.74, 6) is -0.0474.